The Morgan fingerprint density at radius 2 is 2.56 bits per heavy atom. The fourth-order valence-corrected chi connectivity index (χ4v) is 0.961. The summed E-state index contributed by atoms with van der Waals surface area (Å²) in [6.07, 6.45) is 1.75. The van der Waals surface area contributed by atoms with E-state index < -0.39 is 0 Å². The van der Waals surface area contributed by atoms with Crippen molar-refractivity contribution in [2.75, 3.05) is 0 Å². The molecule has 4 heteroatoms. The van der Waals surface area contributed by atoms with Gasteiger partial charge in [-0.2, -0.15) is 5.10 Å². The molecule has 0 radical (unpaired) electrons. The first-order chi connectivity index (χ1) is 4.25. The van der Waals surface area contributed by atoms with E-state index in [0.717, 1.165) is 10.2 Å². The maximum absolute atomic E-state index is 5.38. The highest BCUT2D eigenvalue weighted by molar-refractivity contribution is 9.10. The van der Waals surface area contributed by atoms with Crippen LogP contribution in [0.15, 0.2) is 10.8 Å². The van der Waals surface area contributed by atoms with Crippen molar-refractivity contribution in [3.8, 4) is 0 Å². The Hall–Kier alpha value is -0.350. The van der Waals surface area contributed by atoms with E-state index >= 15 is 0 Å². The van der Waals surface area contributed by atoms with E-state index in [1.165, 1.54) is 0 Å². The summed E-state index contributed by atoms with van der Waals surface area (Å²) >= 11 is 3.33. The van der Waals surface area contributed by atoms with Crippen LogP contribution in [-0.2, 0) is 13.6 Å². The van der Waals surface area contributed by atoms with Crippen LogP contribution in [0.2, 0.25) is 0 Å². The molecule has 1 aromatic rings. The van der Waals surface area contributed by atoms with Crippen molar-refractivity contribution >= 4 is 15.9 Å². The van der Waals surface area contributed by atoms with Gasteiger partial charge in [-0.15, -0.1) is 0 Å². The SMILES string of the molecule is Cn1ncc(CN)c1Br. The molecule has 0 aliphatic rings. The molecule has 1 heterocycles. The Balaban J connectivity index is 3.04. The van der Waals surface area contributed by atoms with Crippen LogP contribution < -0.4 is 5.73 Å². The van der Waals surface area contributed by atoms with Crippen LogP contribution in [0, 0.1) is 0 Å². The van der Waals surface area contributed by atoms with Crippen LogP contribution in [0.1, 0.15) is 5.56 Å². The standard InChI is InChI=1S/C5H8BrN3/c1-9-5(6)4(2-7)3-8-9/h3H,2,7H2,1H3. The molecule has 0 unspecified atom stereocenters. The summed E-state index contributed by atoms with van der Waals surface area (Å²) in [5.74, 6) is 0. The second-order valence-electron chi connectivity index (χ2n) is 1.79. The highest BCUT2D eigenvalue weighted by Crippen LogP contribution is 2.13. The van der Waals surface area contributed by atoms with Crippen molar-refractivity contribution in [3.05, 3.63) is 16.4 Å². The Labute approximate surface area is 62.0 Å². The predicted octanol–water partition coefficient (Wildman–Crippen LogP) is 0.641. The van der Waals surface area contributed by atoms with E-state index in [9.17, 15) is 0 Å². The third kappa shape index (κ3) is 1.14. The van der Waals surface area contributed by atoms with Gasteiger partial charge in [0.25, 0.3) is 0 Å². The summed E-state index contributed by atoms with van der Waals surface area (Å²) in [5, 5.41) is 3.98. The lowest BCUT2D eigenvalue weighted by atomic mass is 10.4. The van der Waals surface area contributed by atoms with Crippen LogP contribution in [0.5, 0.6) is 0 Å². The lowest BCUT2D eigenvalue weighted by Gasteiger charge is -1.91. The summed E-state index contributed by atoms with van der Waals surface area (Å²) in [6, 6.07) is 0. The van der Waals surface area contributed by atoms with E-state index in [-0.39, 0.29) is 0 Å². The first-order valence-electron chi connectivity index (χ1n) is 2.62. The van der Waals surface area contributed by atoms with Gasteiger partial charge in [0.1, 0.15) is 4.60 Å². The number of hydrogen-bond acceptors (Lipinski definition) is 2. The van der Waals surface area contributed by atoms with Crippen molar-refractivity contribution in [1.82, 2.24) is 9.78 Å². The Morgan fingerprint density at radius 3 is 2.78 bits per heavy atom. The molecule has 0 saturated carbocycles. The molecule has 1 aromatic heterocycles. The molecule has 0 saturated heterocycles. The number of aromatic nitrogens is 2. The first-order valence-corrected chi connectivity index (χ1v) is 3.41. The van der Waals surface area contributed by atoms with Gasteiger partial charge in [-0.3, -0.25) is 4.68 Å². The molecule has 0 bridgehead atoms. The Morgan fingerprint density at radius 1 is 1.89 bits per heavy atom. The van der Waals surface area contributed by atoms with Gasteiger partial charge in [0.15, 0.2) is 0 Å². The molecule has 1 rings (SSSR count). The maximum atomic E-state index is 5.38. The topological polar surface area (TPSA) is 43.8 Å². The lowest BCUT2D eigenvalue weighted by molar-refractivity contribution is 0.748. The number of nitrogens with two attached hydrogens (primary N) is 1. The summed E-state index contributed by atoms with van der Waals surface area (Å²) in [5.41, 5.74) is 6.42. The third-order valence-electron chi connectivity index (χ3n) is 1.16. The molecule has 0 aromatic carbocycles. The first kappa shape index (κ1) is 6.77. The van der Waals surface area contributed by atoms with Crippen molar-refractivity contribution in [3.63, 3.8) is 0 Å². The quantitative estimate of drug-likeness (QED) is 0.706. The molecule has 0 amide bonds. The van der Waals surface area contributed by atoms with Gasteiger partial charge in [-0.1, -0.05) is 0 Å². The highest BCUT2D eigenvalue weighted by Gasteiger charge is 2.00. The molecule has 2 N–H and O–H groups in total. The molecule has 0 aliphatic carbocycles. The van der Waals surface area contributed by atoms with E-state index in [1.54, 1.807) is 10.9 Å². The van der Waals surface area contributed by atoms with Gasteiger partial charge < -0.3 is 5.73 Å². The minimum absolute atomic E-state index is 0.536. The van der Waals surface area contributed by atoms with Crippen molar-refractivity contribution < 1.29 is 0 Å². The number of nitrogens with zero attached hydrogens (tertiary/aromatic N) is 2. The summed E-state index contributed by atoms with van der Waals surface area (Å²) in [6.45, 7) is 0.536. The summed E-state index contributed by atoms with van der Waals surface area (Å²) in [4.78, 5) is 0. The van der Waals surface area contributed by atoms with Gasteiger partial charge in [-0.25, -0.2) is 0 Å². The molecule has 9 heavy (non-hydrogen) atoms. The highest BCUT2D eigenvalue weighted by atomic mass is 79.9. The van der Waals surface area contributed by atoms with Crippen LogP contribution in [0.25, 0.3) is 0 Å². The minimum Gasteiger partial charge on any atom is -0.326 e. The lowest BCUT2D eigenvalue weighted by Crippen LogP contribution is -1.96. The van der Waals surface area contributed by atoms with Crippen LogP contribution in [0.3, 0.4) is 0 Å². The normalized spacial score (nSPS) is 10.1. The van der Waals surface area contributed by atoms with Crippen LogP contribution in [0.4, 0.5) is 0 Å². The van der Waals surface area contributed by atoms with Gasteiger partial charge in [0, 0.05) is 19.2 Å². The van der Waals surface area contributed by atoms with Crippen molar-refractivity contribution in [2.24, 2.45) is 12.8 Å². The molecule has 0 spiro atoms. The minimum atomic E-state index is 0.536. The molecule has 0 atom stereocenters. The van der Waals surface area contributed by atoms with E-state index in [0.29, 0.717) is 6.54 Å². The van der Waals surface area contributed by atoms with E-state index in [1.807, 2.05) is 7.05 Å². The molecule has 3 nitrogen and oxygen atoms in total. The second kappa shape index (κ2) is 2.49. The summed E-state index contributed by atoms with van der Waals surface area (Å²) < 4.78 is 2.70. The predicted molar refractivity (Wildman–Crippen MR) is 38.8 cm³/mol. The van der Waals surface area contributed by atoms with Crippen molar-refractivity contribution in [1.29, 1.82) is 0 Å². The summed E-state index contributed by atoms with van der Waals surface area (Å²) in [7, 11) is 1.86. The van der Waals surface area contributed by atoms with Crippen LogP contribution in [-0.4, -0.2) is 9.78 Å². The fourth-order valence-electron chi connectivity index (χ4n) is 0.605. The van der Waals surface area contributed by atoms with Gasteiger partial charge >= 0.3 is 0 Å². The monoisotopic (exact) mass is 189 g/mol. The third-order valence-corrected chi connectivity index (χ3v) is 2.18. The average molecular weight is 190 g/mol. The molecule has 0 fully saturated rings. The maximum Gasteiger partial charge on any atom is 0.108 e. The molecular formula is C5H8BrN3. The molecule has 0 aliphatic heterocycles. The Bertz CT molecular complexity index is 206. The van der Waals surface area contributed by atoms with Gasteiger partial charge in [0.2, 0.25) is 0 Å². The average Bonchev–Trinajstić information content (AvgIpc) is 2.15. The van der Waals surface area contributed by atoms with E-state index in [2.05, 4.69) is 21.0 Å². The zero-order valence-electron chi connectivity index (χ0n) is 5.13. The van der Waals surface area contributed by atoms with Crippen LogP contribution >= 0.6 is 15.9 Å². The Kier molecular flexibility index (Phi) is 1.87. The number of hydrogen-bond donors (Lipinski definition) is 1. The zero-order chi connectivity index (χ0) is 6.85. The largest absolute Gasteiger partial charge is 0.326 e. The zero-order valence-corrected chi connectivity index (χ0v) is 6.72. The van der Waals surface area contributed by atoms with Crippen molar-refractivity contribution in [2.45, 2.75) is 6.54 Å². The molecule has 50 valence electrons. The number of aryl methyl sites for hydroxylation is 1. The number of rotatable bonds is 1. The van der Waals surface area contributed by atoms with Gasteiger partial charge in [-0.05, 0) is 15.9 Å². The smallest absolute Gasteiger partial charge is 0.108 e. The van der Waals surface area contributed by atoms with E-state index in [4.69, 9.17) is 5.73 Å². The second-order valence-corrected chi connectivity index (χ2v) is 2.54. The molecular weight excluding hydrogens is 182 g/mol. The number of halogens is 1. The fraction of sp³-hybridized carbons (Fsp3) is 0.400. The van der Waals surface area contributed by atoms with Gasteiger partial charge in [0.05, 0.1) is 6.20 Å².